The van der Waals surface area contributed by atoms with Crippen molar-refractivity contribution in [3.05, 3.63) is 105 Å². The third-order valence-corrected chi connectivity index (χ3v) is 6.24. The maximum Gasteiger partial charge on any atom is 0.344 e. The van der Waals surface area contributed by atoms with Crippen LogP contribution in [0.25, 0.3) is 33.1 Å². The van der Waals surface area contributed by atoms with E-state index in [1.165, 1.54) is 13.2 Å². The molecule has 3 aromatic carbocycles. The van der Waals surface area contributed by atoms with Crippen LogP contribution in [0.1, 0.15) is 11.1 Å². The fraction of sp³-hybridized carbons (Fsp3) is 0.143. The van der Waals surface area contributed by atoms with Crippen molar-refractivity contribution < 1.29 is 18.3 Å². The first-order valence-corrected chi connectivity index (χ1v) is 11.2. The van der Waals surface area contributed by atoms with Crippen LogP contribution in [0.3, 0.4) is 0 Å². The number of hydrogen-bond acceptors (Lipinski definition) is 7. The topological polar surface area (TPSA) is 82.1 Å². The van der Waals surface area contributed by atoms with Gasteiger partial charge < -0.3 is 18.3 Å². The van der Waals surface area contributed by atoms with Crippen LogP contribution in [-0.4, -0.2) is 18.7 Å². The zero-order chi connectivity index (χ0) is 23.9. The minimum Gasteiger partial charge on any atom is -0.493 e. The number of methoxy groups -OCH3 is 1. The number of hydrogen-bond donors (Lipinski definition) is 0. The molecule has 2 aromatic heterocycles. The van der Waals surface area contributed by atoms with Crippen LogP contribution >= 0.6 is 0 Å². The lowest BCUT2D eigenvalue weighted by atomic mass is 9.99. The zero-order valence-electron chi connectivity index (χ0n) is 18.9. The molecule has 1 aliphatic rings. The molecular weight excluding hydrogens is 446 g/mol. The van der Waals surface area contributed by atoms with Crippen LogP contribution in [0.15, 0.2) is 91.2 Å². The van der Waals surface area contributed by atoms with Gasteiger partial charge in [0, 0.05) is 35.5 Å². The second-order valence-electron chi connectivity index (χ2n) is 8.47. The SMILES string of the molecule is COc1cccc2cc(-c3cc(=O)oc4c5c(ccc34)OCN(Cc3ccccc3)C5)c(=O)oc12. The van der Waals surface area contributed by atoms with Gasteiger partial charge in [-0.3, -0.25) is 4.90 Å². The lowest BCUT2D eigenvalue weighted by Gasteiger charge is -2.29. The third-order valence-electron chi connectivity index (χ3n) is 6.24. The van der Waals surface area contributed by atoms with E-state index in [-0.39, 0.29) is 5.56 Å². The summed E-state index contributed by atoms with van der Waals surface area (Å²) < 4.78 is 22.6. The average Bonchev–Trinajstić information content (AvgIpc) is 2.88. The van der Waals surface area contributed by atoms with Crippen molar-refractivity contribution in [1.82, 2.24) is 4.90 Å². The van der Waals surface area contributed by atoms with Crippen LogP contribution < -0.4 is 20.7 Å². The van der Waals surface area contributed by atoms with Gasteiger partial charge in [0.05, 0.1) is 18.2 Å². The molecule has 3 heterocycles. The van der Waals surface area contributed by atoms with Crippen molar-refractivity contribution >= 4 is 21.9 Å². The predicted octanol–water partition coefficient (Wildman–Crippen LogP) is 4.93. The summed E-state index contributed by atoms with van der Waals surface area (Å²) in [6.45, 7) is 1.65. The van der Waals surface area contributed by atoms with E-state index < -0.39 is 11.3 Å². The van der Waals surface area contributed by atoms with E-state index in [0.29, 0.717) is 58.8 Å². The number of rotatable bonds is 4. The molecule has 0 saturated heterocycles. The minimum absolute atomic E-state index is 0.279. The molecular formula is C28H21NO6. The van der Waals surface area contributed by atoms with Crippen LogP contribution in [-0.2, 0) is 13.1 Å². The van der Waals surface area contributed by atoms with E-state index in [0.717, 1.165) is 11.1 Å². The second kappa shape index (κ2) is 8.45. The Balaban J connectivity index is 1.49. The van der Waals surface area contributed by atoms with E-state index in [1.807, 2.05) is 42.5 Å². The van der Waals surface area contributed by atoms with Gasteiger partial charge in [-0.25, -0.2) is 9.59 Å². The first kappa shape index (κ1) is 21.2. The molecule has 5 aromatic rings. The standard InChI is InChI=1S/C28H21NO6/c1-32-24-9-5-8-18-12-21(28(31)35-26(18)24)20-13-25(30)34-27-19(20)10-11-23-22(27)15-29(16-33-23)14-17-6-3-2-4-7-17/h2-13H,14-16H2,1H3. The van der Waals surface area contributed by atoms with Crippen molar-refractivity contribution in [3.8, 4) is 22.6 Å². The molecule has 6 rings (SSSR count). The van der Waals surface area contributed by atoms with Gasteiger partial charge in [-0.05, 0) is 29.8 Å². The van der Waals surface area contributed by atoms with Crippen LogP contribution in [0, 0.1) is 0 Å². The van der Waals surface area contributed by atoms with E-state index >= 15 is 0 Å². The van der Waals surface area contributed by atoms with Gasteiger partial charge in [0.2, 0.25) is 0 Å². The van der Waals surface area contributed by atoms with Gasteiger partial charge in [0.15, 0.2) is 11.3 Å². The van der Waals surface area contributed by atoms with Gasteiger partial charge in [-0.1, -0.05) is 42.5 Å². The maximum atomic E-state index is 13.0. The lowest BCUT2D eigenvalue weighted by molar-refractivity contribution is 0.0890. The fourth-order valence-corrected chi connectivity index (χ4v) is 4.61. The number of ether oxygens (including phenoxy) is 2. The average molecular weight is 467 g/mol. The highest BCUT2D eigenvalue weighted by atomic mass is 16.5. The monoisotopic (exact) mass is 467 g/mol. The number of benzene rings is 3. The Morgan fingerprint density at radius 3 is 2.57 bits per heavy atom. The number of nitrogens with zero attached hydrogens (tertiary/aromatic N) is 1. The van der Waals surface area contributed by atoms with E-state index in [1.54, 1.807) is 12.1 Å². The number of para-hydroxylation sites is 1. The zero-order valence-corrected chi connectivity index (χ0v) is 18.9. The minimum atomic E-state index is -0.562. The van der Waals surface area contributed by atoms with Gasteiger partial charge in [0.1, 0.15) is 18.1 Å². The first-order chi connectivity index (χ1) is 17.1. The molecule has 0 fully saturated rings. The molecule has 0 atom stereocenters. The molecule has 0 bridgehead atoms. The largest absolute Gasteiger partial charge is 0.493 e. The smallest absolute Gasteiger partial charge is 0.344 e. The highest BCUT2D eigenvalue weighted by Gasteiger charge is 2.24. The number of fused-ring (bicyclic) bond motifs is 4. The summed E-state index contributed by atoms with van der Waals surface area (Å²) in [5.74, 6) is 1.13. The van der Waals surface area contributed by atoms with Crippen molar-refractivity contribution in [2.75, 3.05) is 13.8 Å². The molecule has 7 heteroatoms. The normalized spacial score (nSPS) is 13.5. The maximum absolute atomic E-state index is 13.0. The first-order valence-electron chi connectivity index (χ1n) is 11.2. The molecule has 35 heavy (non-hydrogen) atoms. The van der Waals surface area contributed by atoms with Gasteiger partial charge in [0.25, 0.3) is 0 Å². The van der Waals surface area contributed by atoms with Crippen molar-refractivity contribution in [1.29, 1.82) is 0 Å². The Morgan fingerprint density at radius 1 is 0.886 bits per heavy atom. The molecule has 0 spiro atoms. The Morgan fingerprint density at radius 2 is 1.74 bits per heavy atom. The van der Waals surface area contributed by atoms with Gasteiger partial charge in [-0.2, -0.15) is 0 Å². The highest BCUT2D eigenvalue weighted by Crippen LogP contribution is 2.36. The fourth-order valence-electron chi connectivity index (χ4n) is 4.61. The Labute approximate surface area is 199 Å². The third kappa shape index (κ3) is 3.76. The highest BCUT2D eigenvalue weighted by molar-refractivity contribution is 5.97. The summed E-state index contributed by atoms with van der Waals surface area (Å²) in [5.41, 5.74) is 2.33. The summed E-state index contributed by atoms with van der Waals surface area (Å²) in [7, 11) is 1.52. The van der Waals surface area contributed by atoms with Crippen molar-refractivity contribution in [3.63, 3.8) is 0 Å². The molecule has 174 valence electrons. The summed E-state index contributed by atoms with van der Waals surface area (Å²) in [4.78, 5) is 27.8. The second-order valence-corrected chi connectivity index (χ2v) is 8.47. The van der Waals surface area contributed by atoms with E-state index in [2.05, 4.69) is 17.0 Å². The van der Waals surface area contributed by atoms with Crippen molar-refractivity contribution in [2.45, 2.75) is 13.1 Å². The molecule has 0 radical (unpaired) electrons. The molecule has 0 saturated carbocycles. The molecule has 0 N–H and O–H groups in total. The Bertz CT molecular complexity index is 1690. The molecule has 7 nitrogen and oxygen atoms in total. The molecule has 0 amide bonds. The quantitative estimate of drug-likeness (QED) is 0.347. The predicted molar refractivity (Wildman–Crippen MR) is 132 cm³/mol. The van der Waals surface area contributed by atoms with Crippen molar-refractivity contribution in [2.24, 2.45) is 0 Å². The molecule has 0 aliphatic carbocycles. The summed E-state index contributed by atoms with van der Waals surface area (Å²) in [5, 5.41) is 1.33. The summed E-state index contributed by atoms with van der Waals surface area (Å²) in [6, 6.07) is 22.2. The van der Waals surface area contributed by atoms with Crippen LogP contribution in [0.2, 0.25) is 0 Å². The van der Waals surface area contributed by atoms with E-state index in [4.69, 9.17) is 18.3 Å². The Kier molecular flexibility index (Phi) is 5.12. The van der Waals surface area contributed by atoms with E-state index in [9.17, 15) is 9.59 Å². The van der Waals surface area contributed by atoms with Crippen LogP contribution in [0.4, 0.5) is 0 Å². The summed E-state index contributed by atoms with van der Waals surface area (Å²) >= 11 is 0. The Hall–Kier alpha value is -4.36. The van der Waals surface area contributed by atoms with Crippen LogP contribution in [0.5, 0.6) is 11.5 Å². The molecule has 0 unspecified atom stereocenters. The lowest BCUT2D eigenvalue weighted by Crippen LogP contribution is -2.31. The summed E-state index contributed by atoms with van der Waals surface area (Å²) in [6.07, 6.45) is 0. The molecule has 1 aliphatic heterocycles. The van der Waals surface area contributed by atoms with Gasteiger partial charge >= 0.3 is 11.3 Å². The van der Waals surface area contributed by atoms with Gasteiger partial charge in [-0.15, -0.1) is 0 Å².